The molecule has 1 N–H and O–H groups in total. The van der Waals surface area contributed by atoms with Crippen LogP contribution in [0.1, 0.15) is 0 Å². The summed E-state index contributed by atoms with van der Waals surface area (Å²) >= 11 is 0. The summed E-state index contributed by atoms with van der Waals surface area (Å²) in [5.41, 5.74) is -0.189. The molecular weight excluding hydrogens is 431 g/mol. The fraction of sp³-hybridized carbons (Fsp3) is 0.391. The summed E-state index contributed by atoms with van der Waals surface area (Å²) in [7, 11) is 5.76. The smallest absolute Gasteiger partial charge is 0.467 e. The maximum absolute atomic E-state index is 15.6. The Labute approximate surface area is 189 Å². The van der Waals surface area contributed by atoms with Crippen molar-refractivity contribution in [3.8, 4) is 11.5 Å². The van der Waals surface area contributed by atoms with Gasteiger partial charge in [0.05, 0.1) is 11.6 Å². The Bertz CT molecular complexity index is 1270. The summed E-state index contributed by atoms with van der Waals surface area (Å²) < 4.78 is 27.8. The van der Waals surface area contributed by atoms with E-state index in [0.717, 1.165) is 12.6 Å². The number of halogens is 1. The molecule has 33 heavy (non-hydrogen) atoms. The molecule has 3 heterocycles. The summed E-state index contributed by atoms with van der Waals surface area (Å²) in [6.07, 6.45) is 8.11. The lowest BCUT2D eigenvalue weighted by Crippen LogP contribution is -2.40. The fourth-order valence-corrected chi connectivity index (χ4v) is 5.27. The number of ether oxygens (including phenoxy) is 2. The number of benzene rings is 1. The molecule has 1 saturated heterocycles. The standard InChI is InChI=1S/C23H25FN4O5/c1-25(2)11-23-7-5-4-6-14(23)9-27(12-23)19-16(24)8-15-18-21(19)32-13-26(3)28(18)10-17(20(15)29)33-22(30)31/h4-8,10,14H,9,11-13H2,1-3H3,(H,30,31). The van der Waals surface area contributed by atoms with Crippen molar-refractivity contribution in [3.63, 3.8) is 0 Å². The van der Waals surface area contributed by atoms with Crippen LogP contribution >= 0.6 is 0 Å². The number of fused-ring (bicyclic) bond motifs is 1. The highest BCUT2D eigenvalue weighted by molar-refractivity contribution is 5.93. The van der Waals surface area contributed by atoms with E-state index in [2.05, 4.69) is 21.8 Å². The molecular formula is C23H25FN4O5. The van der Waals surface area contributed by atoms with Gasteiger partial charge in [0.25, 0.3) is 0 Å². The van der Waals surface area contributed by atoms with Gasteiger partial charge in [-0.2, -0.15) is 0 Å². The van der Waals surface area contributed by atoms with Crippen molar-refractivity contribution in [2.24, 2.45) is 11.3 Å². The first-order chi connectivity index (χ1) is 15.7. The maximum atomic E-state index is 15.6. The lowest BCUT2D eigenvalue weighted by molar-refractivity contribution is 0.143. The molecule has 0 bridgehead atoms. The molecule has 2 unspecified atom stereocenters. The molecule has 3 aliphatic rings. The third kappa shape index (κ3) is 3.32. The van der Waals surface area contributed by atoms with Gasteiger partial charge < -0.3 is 24.4 Å². The van der Waals surface area contributed by atoms with Crippen molar-refractivity contribution < 1.29 is 23.8 Å². The van der Waals surface area contributed by atoms with Gasteiger partial charge in [0, 0.05) is 38.0 Å². The zero-order chi connectivity index (χ0) is 23.5. The van der Waals surface area contributed by atoms with E-state index in [4.69, 9.17) is 9.84 Å². The first kappa shape index (κ1) is 21.3. The number of hydrogen-bond donors (Lipinski definition) is 1. The molecule has 1 fully saturated rings. The number of rotatable bonds is 4. The Morgan fingerprint density at radius 3 is 2.91 bits per heavy atom. The van der Waals surface area contributed by atoms with Gasteiger partial charge in [0.1, 0.15) is 11.2 Å². The second-order valence-electron chi connectivity index (χ2n) is 9.10. The minimum absolute atomic E-state index is 0.00374. The van der Waals surface area contributed by atoms with Crippen LogP contribution in [0.5, 0.6) is 11.5 Å². The van der Waals surface area contributed by atoms with Crippen LogP contribution in [0.25, 0.3) is 10.9 Å². The molecule has 174 valence electrons. The molecule has 2 aliphatic heterocycles. The Morgan fingerprint density at radius 1 is 1.39 bits per heavy atom. The van der Waals surface area contributed by atoms with E-state index in [1.165, 1.54) is 6.20 Å². The second kappa shape index (κ2) is 7.51. The number of pyridine rings is 1. The average molecular weight is 456 g/mol. The molecule has 1 aromatic carbocycles. The first-order valence-electron chi connectivity index (χ1n) is 10.6. The molecule has 5 rings (SSSR count). The SMILES string of the molecule is CN(C)CC12C=CC=CC1CN(c1c(F)cc3c(=O)c(OC(=O)O)cn4c3c1OCN4C)C2. The van der Waals surface area contributed by atoms with Gasteiger partial charge in [-0.1, -0.05) is 24.3 Å². The largest absolute Gasteiger partial charge is 0.511 e. The van der Waals surface area contributed by atoms with Crippen molar-refractivity contribution in [3.05, 3.63) is 52.6 Å². The molecule has 1 aliphatic carbocycles. The van der Waals surface area contributed by atoms with Crippen LogP contribution in [-0.2, 0) is 0 Å². The Kier molecular flexibility index (Phi) is 4.86. The highest BCUT2D eigenvalue weighted by Crippen LogP contribution is 2.47. The van der Waals surface area contributed by atoms with Gasteiger partial charge in [-0.15, -0.1) is 0 Å². The number of allylic oxidation sites excluding steroid dienone is 2. The first-order valence-corrected chi connectivity index (χ1v) is 10.6. The molecule has 2 atom stereocenters. The Balaban J connectivity index is 1.68. The number of carboxylic acid groups (broad SMARTS) is 1. The predicted octanol–water partition coefficient (Wildman–Crippen LogP) is 2.23. The van der Waals surface area contributed by atoms with E-state index in [9.17, 15) is 9.59 Å². The van der Waals surface area contributed by atoms with Crippen LogP contribution in [0.2, 0.25) is 0 Å². The highest BCUT2D eigenvalue weighted by atomic mass is 19.1. The number of hydrogen-bond acceptors (Lipinski definition) is 7. The summed E-state index contributed by atoms with van der Waals surface area (Å²) in [5, 5.41) is 10.6. The van der Waals surface area contributed by atoms with E-state index < -0.39 is 23.2 Å². The third-order valence-electron chi connectivity index (χ3n) is 6.53. The molecule has 0 spiro atoms. The monoisotopic (exact) mass is 456 g/mol. The minimum atomic E-state index is -1.61. The molecule has 0 amide bonds. The fourth-order valence-electron chi connectivity index (χ4n) is 5.27. The zero-order valence-electron chi connectivity index (χ0n) is 18.6. The van der Waals surface area contributed by atoms with Crippen LogP contribution in [0.4, 0.5) is 14.9 Å². The number of carbonyl (C=O) groups is 1. The van der Waals surface area contributed by atoms with E-state index >= 15 is 4.39 Å². The molecule has 9 nitrogen and oxygen atoms in total. The van der Waals surface area contributed by atoms with Gasteiger partial charge in [-0.3, -0.25) is 14.5 Å². The van der Waals surface area contributed by atoms with Gasteiger partial charge in [-0.25, -0.2) is 9.18 Å². The Hall–Kier alpha value is -3.53. The Morgan fingerprint density at radius 2 is 2.18 bits per heavy atom. The van der Waals surface area contributed by atoms with Gasteiger partial charge in [0.15, 0.2) is 18.3 Å². The molecule has 10 heteroatoms. The summed E-state index contributed by atoms with van der Waals surface area (Å²) in [6, 6.07) is 1.15. The highest BCUT2D eigenvalue weighted by Gasteiger charge is 2.46. The molecule has 1 aromatic heterocycles. The van der Waals surface area contributed by atoms with Gasteiger partial charge in [-0.05, 0) is 20.2 Å². The number of aromatic nitrogens is 1. The van der Waals surface area contributed by atoms with Crippen LogP contribution in [0.15, 0.2) is 41.4 Å². The van der Waals surface area contributed by atoms with Crippen LogP contribution in [0, 0.1) is 17.2 Å². The number of anilines is 1. The van der Waals surface area contributed by atoms with Crippen molar-refractivity contribution in [1.29, 1.82) is 0 Å². The minimum Gasteiger partial charge on any atom is -0.467 e. The van der Waals surface area contributed by atoms with Crippen molar-refractivity contribution >= 4 is 22.7 Å². The second-order valence-corrected chi connectivity index (χ2v) is 9.10. The van der Waals surface area contributed by atoms with E-state index in [-0.39, 0.29) is 29.2 Å². The average Bonchev–Trinajstić information content (AvgIpc) is 3.10. The zero-order valence-corrected chi connectivity index (χ0v) is 18.6. The van der Waals surface area contributed by atoms with Crippen LogP contribution < -0.4 is 24.8 Å². The lowest BCUT2D eigenvalue weighted by atomic mass is 9.75. The number of nitrogens with zero attached hydrogens (tertiary/aromatic N) is 4. The summed E-state index contributed by atoms with van der Waals surface area (Å²) in [4.78, 5) is 28.1. The van der Waals surface area contributed by atoms with E-state index in [0.29, 0.717) is 24.3 Å². The van der Waals surface area contributed by atoms with Crippen molar-refractivity contribution in [2.75, 3.05) is 57.4 Å². The van der Waals surface area contributed by atoms with Crippen molar-refractivity contribution in [2.45, 2.75) is 0 Å². The maximum Gasteiger partial charge on any atom is 0.511 e. The summed E-state index contributed by atoms with van der Waals surface area (Å²) in [5.74, 6) is -0.514. The predicted molar refractivity (Wildman–Crippen MR) is 121 cm³/mol. The van der Waals surface area contributed by atoms with Gasteiger partial charge >= 0.3 is 6.16 Å². The van der Waals surface area contributed by atoms with E-state index in [1.807, 2.05) is 31.1 Å². The topological polar surface area (TPSA) is 87.5 Å². The third-order valence-corrected chi connectivity index (χ3v) is 6.53. The van der Waals surface area contributed by atoms with Crippen molar-refractivity contribution in [1.82, 2.24) is 9.58 Å². The van der Waals surface area contributed by atoms with Crippen LogP contribution in [0.3, 0.4) is 0 Å². The summed E-state index contributed by atoms with van der Waals surface area (Å²) in [6.45, 7) is 2.10. The van der Waals surface area contributed by atoms with Gasteiger partial charge in [0.2, 0.25) is 11.2 Å². The lowest BCUT2D eigenvalue weighted by Gasteiger charge is -2.35. The quantitative estimate of drug-likeness (QED) is 0.701. The van der Waals surface area contributed by atoms with E-state index in [1.54, 1.807) is 16.7 Å². The normalized spacial score (nSPS) is 23.2. The molecule has 0 radical (unpaired) electrons. The molecule has 2 aromatic rings. The van der Waals surface area contributed by atoms with Crippen LogP contribution in [-0.4, -0.2) is 68.3 Å². The molecule has 0 saturated carbocycles.